The zero-order valence-corrected chi connectivity index (χ0v) is 13.8. The number of nitrogens with one attached hydrogen (secondary N) is 1. The van der Waals surface area contributed by atoms with Gasteiger partial charge in [0.1, 0.15) is 5.75 Å². The molecule has 3 rings (SSSR count). The van der Waals surface area contributed by atoms with Crippen LogP contribution < -0.4 is 10.2 Å². The number of rotatable bonds is 3. The van der Waals surface area contributed by atoms with Gasteiger partial charge in [-0.15, -0.1) is 0 Å². The van der Waals surface area contributed by atoms with Crippen molar-refractivity contribution in [3.05, 3.63) is 53.0 Å². The summed E-state index contributed by atoms with van der Waals surface area (Å²) in [5, 5.41) is 12.4. The van der Waals surface area contributed by atoms with Gasteiger partial charge in [0.25, 0.3) is 0 Å². The van der Waals surface area contributed by atoms with Gasteiger partial charge in [0, 0.05) is 23.1 Å². The Labute approximate surface area is 142 Å². The summed E-state index contributed by atoms with van der Waals surface area (Å²) in [6.07, 6.45) is 0.159. The largest absolute Gasteiger partial charge is 0.506 e. The highest BCUT2D eigenvalue weighted by Crippen LogP contribution is 2.29. The molecular weight excluding hydrogens is 360 g/mol. The number of hydrogen-bond acceptors (Lipinski definition) is 3. The molecule has 0 spiro atoms. The Hall–Kier alpha value is -2.34. The topological polar surface area (TPSA) is 69.6 Å². The minimum absolute atomic E-state index is 0.00835. The van der Waals surface area contributed by atoms with Gasteiger partial charge in [0.15, 0.2) is 0 Å². The highest BCUT2D eigenvalue weighted by atomic mass is 79.9. The van der Waals surface area contributed by atoms with Crippen molar-refractivity contribution < 1.29 is 14.7 Å². The molecular formula is C17H15BrN2O3. The third kappa shape index (κ3) is 3.37. The van der Waals surface area contributed by atoms with Crippen LogP contribution in [0, 0.1) is 5.92 Å². The van der Waals surface area contributed by atoms with E-state index in [-0.39, 0.29) is 24.0 Å². The van der Waals surface area contributed by atoms with E-state index >= 15 is 0 Å². The maximum Gasteiger partial charge on any atom is 0.229 e. The van der Waals surface area contributed by atoms with Crippen LogP contribution >= 0.6 is 15.9 Å². The Balaban J connectivity index is 1.72. The van der Waals surface area contributed by atoms with Gasteiger partial charge >= 0.3 is 0 Å². The number of carbonyl (C=O) groups excluding carboxylic acids is 2. The van der Waals surface area contributed by atoms with Crippen LogP contribution in [0.3, 0.4) is 0 Å². The molecule has 118 valence electrons. The molecule has 0 bridgehead atoms. The summed E-state index contributed by atoms with van der Waals surface area (Å²) in [5.74, 6) is -0.784. The number of aromatic hydroxyl groups is 1. The fourth-order valence-corrected chi connectivity index (χ4v) is 2.98. The molecule has 0 radical (unpaired) electrons. The fraction of sp³-hybridized carbons (Fsp3) is 0.176. The van der Waals surface area contributed by atoms with Crippen LogP contribution in [0.25, 0.3) is 0 Å². The van der Waals surface area contributed by atoms with E-state index in [4.69, 9.17) is 0 Å². The number of halogens is 1. The van der Waals surface area contributed by atoms with Gasteiger partial charge in [-0.3, -0.25) is 9.59 Å². The van der Waals surface area contributed by atoms with E-state index in [0.717, 1.165) is 10.2 Å². The summed E-state index contributed by atoms with van der Waals surface area (Å²) in [4.78, 5) is 26.2. The third-order valence-corrected chi connectivity index (χ3v) is 4.27. The van der Waals surface area contributed by atoms with Crippen molar-refractivity contribution in [2.45, 2.75) is 6.42 Å². The van der Waals surface area contributed by atoms with Crippen molar-refractivity contribution >= 4 is 39.1 Å². The van der Waals surface area contributed by atoms with E-state index in [1.54, 1.807) is 23.1 Å². The maximum absolute atomic E-state index is 12.3. The molecule has 2 aromatic carbocycles. The smallest absolute Gasteiger partial charge is 0.229 e. The highest BCUT2D eigenvalue weighted by Gasteiger charge is 2.35. The number of hydrogen-bond donors (Lipinski definition) is 2. The molecule has 6 heteroatoms. The predicted molar refractivity (Wildman–Crippen MR) is 91.3 cm³/mol. The van der Waals surface area contributed by atoms with Gasteiger partial charge in [0.2, 0.25) is 11.8 Å². The summed E-state index contributed by atoms with van der Waals surface area (Å²) in [5.41, 5.74) is 1.12. The van der Waals surface area contributed by atoms with Crippen molar-refractivity contribution in [1.82, 2.24) is 0 Å². The molecule has 2 N–H and O–H groups in total. The first kappa shape index (κ1) is 15.6. The third-order valence-electron chi connectivity index (χ3n) is 3.78. The van der Waals surface area contributed by atoms with Gasteiger partial charge < -0.3 is 15.3 Å². The first-order chi connectivity index (χ1) is 11.0. The number of carbonyl (C=O) groups is 2. The molecule has 5 nitrogen and oxygen atoms in total. The highest BCUT2D eigenvalue weighted by molar-refractivity contribution is 9.10. The zero-order chi connectivity index (χ0) is 16.4. The van der Waals surface area contributed by atoms with Gasteiger partial charge in [-0.25, -0.2) is 0 Å². The zero-order valence-electron chi connectivity index (χ0n) is 12.2. The molecule has 23 heavy (non-hydrogen) atoms. The lowest BCUT2D eigenvalue weighted by atomic mass is 10.1. The summed E-state index contributed by atoms with van der Waals surface area (Å²) in [6.45, 7) is 0.328. The van der Waals surface area contributed by atoms with E-state index in [0.29, 0.717) is 12.2 Å². The summed E-state index contributed by atoms with van der Waals surface area (Å²) in [6, 6.07) is 13.9. The number of phenols is 1. The molecule has 0 aliphatic carbocycles. The number of amides is 2. The molecule has 2 amide bonds. The molecule has 0 saturated carbocycles. The van der Waals surface area contributed by atoms with Gasteiger partial charge in [-0.2, -0.15) is 0 Å². The van der Waals surface area contributed by atoms with Crippen molar-refractivity contribution in [1.29, 1.82) is 0 Å². The normalized spacial score (nSPS) is 17.3. The maximum atomic E-state index is 12.3. The molecule has 0 aromatic heterocycles. The van der Waals surface area contributed by atoms with Crippen LogP contribution in [0.1, 0.15) is 6.42 Å². The number of benzene rings is 2. The van der Waals surface area contributed by atoms with Crippen LogP contribution in [-0.4, -0.2) is 23.5 Å². The molecule has 1 heterocycles. The Kier molecular flexibility index (Phi) is 4.34. The first-order valence-corrected chi connectivity index (χ1v) is 7.98. The number of para-hydroxylation sites is 2. The molecule has 1 aliphatic rings. The Morgan fingerprint density at radius 3 is 2.74 bits per heavy atom. The number of phenolic OH excluding ortho intramolecular Hbond substituents is 1. The lowest BCUT2D eigenvalue weighted by Gasteiger charge is -2.17. The van der Waals surface area contributed by atoms with Crippen LogP contribution in [-0.2, 0) is 9.59 Å². The summed E-state index contributed by atoms with van der Waals surface area (Å²) < 4.78 is 0.880. The van der Waals surface area contributed by atoms with E-state index in [1.807, 2.05) is 24.3 Å². The SMILES string of the molecule is O=C(Nc1ccccc1O)C1CC(=O)N(c2cccc(Br)c2)C1. The number of anilines is 2. The summed E-state index contributed by atoms with van der Waals surface area (Å²) >= 11 is 3.38. The van der Waals surface area contributed by atoms with Gasteiger partial charge in [-0.05, 0) is 30.3 Å². The predicted octanol–water partition coefficient (Wildman–Crippen LogP) is 3.15. The second-order valence-corrected chi connectivity index (χ2v) is 6.31. The average Bonchev–Trinajstić information content (AvgIpc) is 2.92. The quantitative estimate of drug-likeness (QED) is 0.810. The summed E-state index contributed by atoms with van der Waals surface area (Å²) in [7, 11) is 0. The molecule has 1 saturated heterocycles. The van der Waals surface area contributed by atoms with Gasteiger partial charge in [-0.1, -0.05) is 34.1 Å². The van der Waals surface area contributed by atoms with Crippen LogP contribution in [0.15, 0.2) is 53.0 Å². The monoisotopic (exact) mass is 374 g/mol. The van der Waals surface area contributed by atoms with E-state index in [2.05, 4.69) is 21.2 Å². The van der Waals surface area contributed by atoms with E-state index < -0.39 is 5.92 Å². The molecule has 1 aliphatic heterocycles. The molecule has 1 unspecified atom stereocenters. The lowest BCUT2D eigenvalue weighted by Crippen LogP contribution is -2.28. The standard InChI is InChI=1S/C17H15BrN2O3/c18-12-4-3-5-13(9-12)20-10-11(8-16(20)22)17(23)19-14-6-1-2-7-15(14)21/h1-7,9,11,21H,8,10H2,(H,19,23). The average molecular weight is 375 g/mol. The minimum Gasteiger partial charge on any atom is -0.506 e. The second-order valence-electron chi connectivity index (χ2n) is 5.39. The molecule has 2 aromatic rings. The van der Waals surface area contributed by atoms with Crippen molar-refractivity contribution in [2.75, 3.05) is 16.8 Å². The van der Waals surface area contributed by atoms with Crippen molar-refractivity contribution in [3.8, 4) is 5.75 Å². The Morgan fingerprint density at radius 2 is 2.00 bits per heavy atom. The van der Waals surface area contributed by atoms with Crippen LogP contribution in [0.4, 0.5) is 11.4 Å². The van der Waals surface area contributed by atoms with Crippen molar-refractivity contribution in [3.63, 3.8) is 0 Å². The lowest BCUT2D eigenvalue weighted by molar-refractivity contribution is -0.122. The van der Waals surface area contributed by atoms with Crippen LogP contribution in [0.5, 0.6) is 5.75 Å². The Bertz CT molecular complexity index is 763. The van der Waals surface area contributed by atoms with Crippen molar-refractivity contribution in [2.24, 2.45) is 5.92 Å². The van der Waals surface area contributed by atoms with E-state index in [9.17, 15) is 14.7 Å². The Morgan fingerprint density at radius 1 is 1.22 bits per heavy atom. The van der Waals surface area contributed by atoms with E-state index in [1.165, 1.54) is 6.07 Å². The van der Waals surface area contributed by atoms with Crippen LogP contribution in [0.2, 0.25) is 0 Å². The molecule has 1 atom stereocenters. The number of nitrogens with zero attached hydrogens (tertiary/aromatic N) is 1. The molecule has 1 fully saturated rings. The second kappa shape index (κ2) is 6.42. The first-order valence-electron chi connectivity index (χ1n) is 7.19. The van der Waals surface area contributed by atoms with Gasteiger partial charge in [0.05, 0.1) is 11.6 Å². The fourth-order valence-electron chi connectivity index (χ4n) is 2.59. The minimum atomic E-state index is -0.443.